The van der Waals surface area contributed by atoms with Crippen molar-refractivity contribution in [1.29, 1.82) is 0 Å². The summed E-state index contributed by atoms with van der Waals surface area (Å²) in [4.78, 5) is 38.6. The van der Waals surface area contributed by atoms with E-state index in [2.05, 4.69) is 15.6 Å². The number of nitrogens with zero attached hydrogens (tertiary/aromatic N) is 2. The molecule has 2 aromatic rings. The third kappa shape index (κ3) is 6.50. The average Bonchev–Trinajstić information content (AvgIpc) is 3.13. The van der Waals surface area contributed by atoms with E-state index in [9.17, 15) is 18.8 Å². The summed E-state index contributed by atoms with van der Waals surface area (Å²) in [7, 11) is 0. The topological polar surface area (TPSA) is 152 Å². The van der Waals surface area contributed by atoms with Crippen molar-refractivity contribution in [2.45, 2.75) is 19.6 Å². The van der Waals surface area contributed by atoms with Crippen LogP contribution in [0.25, 0.3) is 11.1 Å². The number of carbonyl (C=O) groups excluding carboxylic acids is 3. The summed E-state index contributed by atoms with van der Waals surface area (Å²) in [5, 5.41) is 5.63. The highest BCUT2D eigenvalue weighted by atomic mass is 19.1. The number of hydrogen-bond donors (Lipinski definition) is 4. The van der Waals surface area contributed by atoms with Crippen molar-refractivity contribution in [3.63, 3.8) is 0 Å². The second-order valence-corrected chi connectivity index (χ2v) is 7.46. The van der Waals surface area contributed by atoms with E-state index in [-0.39, 0.29) is 31.4 Å². The van der Waals surface area contributed by atoms with Gasteiger partial charge in [-0.2, -0.15) is 4.99 Å². The summed E-state index contributed by atoms with van der Waals surface area (Å²) >= 11 is 0. The van der Waals surface area contributed by atoms with Crippen LogP contribution in [0.2, 0.25) is 0 Å². The number of primary amides is 1. The predicted molar refractivity (Wildman–Crippen MR) is 121 cm³/mol. The quantitative estimate of drug-likeness (QED) is 0.349. The molecule has 1 atom stereocenters. The van der Waals surface area contributed by atoms with Crippen LogP contribution < -0.4 is 27.0 Å². The molecule has 11 heteroatoms. The highest BCUT2D eigenvalue weighted by Crippen LogP contribution is 2.29. The molecule has 1 fully saturated rings. The van der Waals surface area contributed by atoms with Gasteiger partial charge in [0.25, 0.3) is 0 Å². The van der Waals surface area contributed by atoms with Crippen LogP contribution in [0.3, 0.4) is 0 Å². The molecule has 0 bridgehead atoms. The number of nitrogens with two attached hydrogens (primary N) is 2. The molecular weight excluding hydrogens is 431 g/mol. The van der Waals surface area contributed by atoms with Crippen molar-refractivity contribution in [2.75, 3.05) is 24.5 Å². The number of carbonyl (C=O) groups is 3. The second-order valence-electron chi connectivity index (χ2n) is 7.46. The molecule has 0 aromatic heterocycles. The molecule has 1 aliphatic heterocycles. The summed E-state index contributed by atoms with van der Waals surface area (Å²) < 4.78 is 20.1. The zero-order valence-electron chi connectivity index (χ0n) is 18.0. The Kier molecular flexibility index (Phi) is 7.57. The van der Waals surface area contributed by atoms with E-state index in [1.807, 2.05) is 12.1 Å². The monoisotopic (exact) mass is 456 g/mol. The molecule has 1 unspecified atom stereocenters. The highest BCUT2D eigenvalue weighted by molar-refractivity contribution is 5.93. The van der Waals surface area contributed by atoms with Crippen molar-refractivity contribution in [2.24, 2.45) is 16.5 Å². The van der Waals surface area contributed by atoms with Crippen LogP contribution in [-0.4, -0.2) is 49.6 Å². The average molecular weight is 456 g/mol. The van der Waals surface area contributed by atoms with Gasteiger partial charge in [-0.3, -0.25) is 9.69 Å². The van der Waals surface area contributed by atoms with Crippen molar-refractivity contribution >= 4 is 29.6 Å². The van der Waals surface area contributed by atoms with Gasteiger partial charge >= 0.3 is 12.1 Å². The fraction of sp³-hybridized carbons (Fsp3) is 0.273. The lowest BCUT2D eigenvalue weighted by atomic mass is 10.0. The van der Waals surface area contributed by atoms with E-state index in [4.69, 9.17) is 16.2 Å². The Morgan fingerprint density at radius 3 is 2.58 bits per heavy atom. The molecule has 1 heterocycles. The molecule has 4 amide bonds. The Labute approximate surface area is 189 Å². The molecule has 33 heavy (non-hydrogen) atoms. The van der Waals surface area contributed by atoms with Crippen LogP contribution in [0.5, 0.6) is 0 Å². The Balaban J connectivity index is 1.62. The van der Waals surface area contributed by atoms with E-state index >= 15 is 0 Å². The third-order valence-corrected chi connectivity index (χ3v) is 4.87. The van der Waals surface area contributed by atoms with Crippen LogP contribution in [0.15, 0.2) is 47.5 Å². The van der Waals surface area contributed by atoms with Gasteiger partial charge < -0.3 is 26.8 Å². The fourth-order valence-corrected chi connectivity index (χ4v) is 3.32. The van der Waals surface area contributed by atoms with Crippen molar-refractivity contribution in [3.05, 3.63) is 53.8 Å². The van der Waals surface area contributed by atoms with Gasteiger partial charge in [-0.15, -0.1) is 0 Å². The van der Waals surface area contributed by atoms with Gasteiger partial charge in [-0.1, -0.05) is 24.3 Å². The number of aliphatic imine (C=N–C) groups is 1. The van der Waals surface area contributed by atoms with Gasteiger partial charge in [-0.05, 0) is 29.3 Å². The lowest BCUT2D eigenvalue weighted by Crippen LogP contribution is -2.33. The zero-order chi connectivity index (χ0) is 24.0. The number of amidine groups is 1. The molecule has 0 saturated carbocycles. The van der Waals surface area contributed by atoms with E-state index in [0.29, 0.717) is 23.4 Å². The number of anilines is 1. The number of halogens is 1. The number of amides is 4. The molecule has 0 radical (unpaired) electrons. The summed E-state index contributed by atoms with van der Waals surface area (Å²) in [6.07, 6.45) is -1.08. The van der Waals surface area contributed by atoms with E-state index < -0.39 is 24.0 Å². The summed E-state index contributed by atoms with van der Waals surface area (Å²) in [6.45, 7) is 2.46. The standard InChI is InChI=1S/C22H25FN6O4/c1-13(30)27-10-17-12-29(22(32)33-17)16-6-7-18(19(23)8-16)15-4-2-14(3-5-15)9-26-11-20(24)28-21(25)31/h2-8,17,26H,9-12H2,1H3,(H,27,30)(H4,24,25,28,31). The maximum Gasteiger partial charge on any atom is 0.414 e. The SMILES string of the molecule is CC(=O)NCC1CN(c2ccc(-c3ccc(CNC/C(N)=N/C(N)=O)cc3)c(F)c2)C(=O)O1. The number of rotatable bonds is 8. The van der Waals surface area contributed by atoms with Crippen LogP contribution in [0.4, 0.5) is 19.7 Å². The lowest BCUT2D eigenvalue weighted by molar-refractivity contribution is -0.119. The lowest BCUT2D eigenvalue weighted by Gasteiger charge is -2.15. The van der Waals surface area contributed by atoms with E-state index in [1.54, 1.807) is 24.3 Å². The molecule has 2 aromatic carbocycles. The number of ether oxygens (including phenoxy) is 1. The van der Waals surface area contributed by atoms with Gasteiger partial charge in [0.15, 0.2) is 0 Å². The molecule has 1 saturated heterocycles. The van der Waals surface area contributed by atoms with Gasteiger partial charge in [0.1, 0.15) is 17.8 Å². The molecule has 1 aliphatic rings. The minimum Gasteiger partial charge on any atom is -0.442 e. The van der Waals surface area contributed by atoms with Gasteiger partial charge in [0.2, 0.25) is 5.91 Å². The van der Waals surface area contributed by atoms with Crippen LogP contribution in [0, 0.1) is 5.82 Å². The minimum atomic E-state index is -0.849. The van der Waals surface area contributed by atoms with Crippen molar-refractivity contribution < 1.29 is 23.5 Å². The maximum absolute atomic E-state index is 14.9. The number of cyclic esters (lactones) is 1. The largest absolute Gasteiger partial charge is 0.442 e. The first-order valence-electron chi connectivity index (χ1n) is 10.2. The third-order valence-electron chi connectivity index (χ3n) is 4.87. The molecule has 0 aliphatic carbocycles. The fourth-order valence-electron chi connectivity index (χ4n) is 3.32. The maximum atomic E-state index is 14.9. The van der Waals surface area contributed by atoms with Crippen molar-refractivity contribution in [3.8, 4) is 11.1 Å². The first-order valence-corrected chi connectivity index (χ1v) is 10.2. The smallest absolute Gasteiger partial charge is 0.414 e. The number of urea groups is 1. The summed E-state index contributed by atoms with van der Waals surface area (Å²) in [5.41, 5.74) is 12.8. The van der Waals surface area contributed by atoms with Crippen LogP contribution in [0.1, 0.15) is 12.5 Å². The molecule has 174 valence electrons. The van der Waals surface area contributed by atoms with E-state index in [0.717, 1.165) is 5.56 Å². The second kappa shape index (κ2) is 10.6. The Bertz CT molecular complexity index is 1070. The number of benzene rings is 2. The molecule has 10 nitrogen and oxygen atoms in total. The Morgan fingerprint density at radius 1 is 1.21 bits per heavy atom. The van der Waals surface area contributed by atoms with Crippen molar-refractivity contribution in [1.82, 2.24) is 10.6 Å². The van der Waals surface area contributed by atoms with Crippen LogP contribution >= 0.6 is 0 Å². The zero-order valence-corrected chi connectivity index (χ0v) is 18.0. The summed E-state index contributed by atoms with van der Waals surface area (Å²) in [5.74, 6) is -0.612. The summed E-state index contributed by atoms with van der Waals surface area (Å²) in [6, 6.07) is 10.9. The Hall–Kier alpha value is -3.99. The van der Waals surface area contributed by atoms with E-state index in [1.165, 1.54) is 17.9 Å². The number of hydrogen-bond acceptors (Lipinski definition) is 5. The Morgan fingerprint density at radius 2 is 1.94 bits per heavy atom. The van der Waals surface area contributed by atoms with Gasteiger partial charge in [0.05, 0.1) is 25.3 Å². The number of nitrogens with one attached hydrogen (secondary N) is 2. The first-order chi connectivity index (χ1) is 15.7. The molecular formula is C22H25FN6O4. The highest BCUT2D eigenvalue weighted by Gasteiger charge is 2.32. The molecule has 0 spiro atoms. The first kappa shape index (κ1) is 23.7. The normalized spacial score (nSPS) is 15.9. The van der Waals surface area contributed by atoms with Gasteiger partial charge in [0, 0.05) is 19.0 Å². The minimum absolute atomic E-state index is 0.0876. The predicted octanol–water partition coefficient (Wildman–Crippen LogP) is 1.48. The van der Waals surface area contributed by atoms with Gasteiger partial charge in [-0.25, -0.2) is 14.0 Å². The molecule has 3 rings (SSSR count). The molecule has 6 N–H and O–H groups in total. The van der Waals surface area contributed by atoms with Crippen LogP contribution in [-0.2, 0) is 16.1 Å².